The number of carbonyl (C=O) groups excluding carboxylic acids is 2. The molecule has 1 aliphatic heterocycles. The maximum atomic E-state index is 11.2. The molecule has 4 atom stereocenters. The third kappa shape index (κ3) is 14.6. The van der Waals surface area contributed by atoms with Crippen molar-refractivity contribution in [1.29, 1.82) is 0 Å². The monoisotopic (exact) mass is 443 g/mol. The predicted molar refractivity (Wildman–Crippen MR) is 116 cm³/mol. The molecule has 7 heteroatoms. The van der Waals surface area contributed by atoms with Crippen molar-refractivity contribution in [2.45, 2.75) is 134 Å². The average Bonchev–Trinajstić information content (AvgIpc) is 2.70. The zero-order chi connectivity index (χ0) is 22.9. The van der Waals surface area contributed by atoms with Crippen molar-refractivity contribution in [3.63, 3.8) is 0 Å². The summed E-state index contributed by atoms with van der Waals surface area (Å²) >= 11 is 0. The maximum absolute atomic E-state index is 11.2. The van der Waals surface area contributed by atoms with Gasteiger partial charge in [0.2, 0.25) is 0 Å². The largest absolute Gasteiger partial charge is 0.550 e. The number of carbonyl (C=O) groups is 2. The number of unbranched alkanes of at least 4 members (excludes halogenated alkanes) is 12. The Kier molecular flexibility index (Phi) is 15.8. The summed E-state index contributed by atoms with van der Waals surface area (Å²) in [5.74, 6) is -1.50. The van der Waals surface area contributed by atoms with E-state index in [1.165, 1.54) is 51.4 Å². The van der Waals surface area contributed by atoms with E-state index in [0.717, 1.165) is 32.1 Å². The highest BCUT2D eigenvalue weighted by molar-refractivity contribution is 5.93. The van der Waals surface area contributed by atoms with Gasteiger partial charge >= 0.3 is 0 Å². The van der Waals surface area contributed by atoms with Gasteiger partial charge in [-0.2, -0.15) is 0 Å². The Morgan fingerprint density at radius 3 is 1.84 bits per heavy atom. The minimum absolute atomic E-state index is 0.222. The molecule has 0 aromatic heterocycles. The minimum Gasteiger partial charge on any atom is -0.550 e. The molecule has 1 saturated heterocycles. The molecular formula is C24H43O7-. The number of aliphatic carboxylic acids is 1. The van der Waals surface area contributed by atoms with Gasteiger partial charge in [0.1, 0.15) is 11.9 Å². The van der Waals surface area contributed by atoms with Crippen molar-refractivity contribution in [2.75, 3.05) is 6.61 Å². The third-order valence-corrected chi connectivity index (χ3v) is 5.91. The summed E-state index contributed by atoms with van der Waals surface area (Å²) in [7, 11) is 0. The fourth-order valence-corrected chi connectivity index (χ4v) is 3.91. The molecule has 0 aromatic carbocycles. The van der Waals surface area contributed by atoms with E-state index in [9.17, 15) is 24.9 Å². The van der Waals surface area contributed by atoms with Gasteiger partial charge in [0, 0.05) is 31.8 Å². The molecular weight excluding hydrogens is 400 g/mol. The van der Waals surface area contributed by atoms with Gasteiger partial charge in [-0.3, -0.25) is 4.79 Å². The van der Waals surface area contributed by atoms with Crippen molar-refractivity contribution in [1.82, 2.24) is 0 Å². The topological polar surface area (TPSA) is 116 Å². The van der Waals surface area contributed by atoms with Crippen molar-refractivity contribution in [3.8, 4) is 0 Å². The molecule has 0 bridgehead atoms. The molecule has 0 unspecified atom stereocenters. The number of carboxylic acids is 1. The predicted octanol–water partition coefficient (Wildman–Crippen LogP) is 3.03. The van der Waals surface area contributed by atoms with Crippen LogP contribution in [0.3, 0.4) is 0 Å². The first-order valence-electron chi connectivity index (χ1n) is 12.2. The molecule has 0 saturated carbocycles. The van der Waals surface area contributed by atoms with E-state index in [-0.39, 0.29) is 11.9 Å². The normalized spacial score (nSPS) is 23.7. The van der Waals surface area contributed by atoms with E-state index in [4.69, 9.17) is 9.47 Å². The van der Waals surface area contributed by atoms with Crippen LogP contribution >= 0.6 is 0 Å². The average molecular weight is 444 g/mol. The van der Waals surface area contributed by atoms with Crippen molar-refractivity contribution < 1.29 is 34.4 Å². The lowest BCUT2D eigenvalue weighted by Crippen LogP contribution is -2.47. The minimum atomic E-state index is -1.28. The molecule has 2 N–H and O–H groups in total. The number of hydrogen-bond donors (Lipinski definition) is 2. The second kappa shape index (κ2) is 17.5. The van der Waals surface area contributed by atoms with E-state index in [1.807, 2.05) is 0 Å². The molecule has 31 heavy (non-hydrogen) atoms. The lowest BCUT2D eigenvalue weighted by molar-refractivity contribution is -0.304. The van der Waals surface area contributed by atoms with E-state index in [1.54, 1.807) is 6.92 Å². The Bertz CT molecular complexity index is 483. The molecule has 1 fully saturated rings. The number of ketones is 1. The van der Waals surface area contributed by atoms with Gasteiger partial charge < -0.3 is 29.6 Å². The first-order valence-corrected chi connectivity index (χ1v) is 12.2. The van der Waals surface area contributed by atoms with Gasteiger partial charge in [-0.25, -0.2) is 0 Å². The number of aliphatic hydroxyl groups is 2. The highest BCUT2D eigenvalue weighted by Gasteiger charge is 2.34. The number of Topliss-reactive ketones (excluding diaryl/α,β-unsaturated/α-hetero) is 1. The quantitative estimate of drug-likeness (QED) is 0.233. The first kappa shape index (κ1) is 28.0. The molecule has 0 aliphatic carbocycles. The molecule has 7 nitrogen and oxygen atoms in total. The van der Waals surface area contributed by atoms with Crippen molar-refractivity contribution in [2.24, 2.45) is 0 Å². The lowest BCUT2D eigenvalue weighted by Gasteiger charge is -2.35. The van der Waals surface area contributed by atoms with Crippen LogP contribution in [0.15, 0.2) is 0 Å². The summed E-state index contributed by atoms with van der Waals surface area (Å²) in [6.45, 7) is 2.37. The van der Waals surface area contributed by atoms with Crippen LogP contribution in [0, 0.1) is 0 Å². The number of carboxylic acid groups (broad SMARTS) is 1. The van der Waals surface area contributed by atoms with E-state index in [2.05, 4.69) is 0 Å². The molecule has 0 spiro atoms. The summed E-state index contributed by atoms with van der Waals surface area (Å²) in [6.07, 6.45) is 12.8. The highest BCUT2D eigenvalue weighted by atomic mass is 16.7. The zero-order valence-corrected chi connectivity index (χ0v) is 19.3. The molecule has 0 radical (unpaired) electrons. The van der Waals surface area contributed by atoms with Crippen LogP contribution < -0.4 is 5.11 Å². The Hall–Kier alpha value is -1.02. The Balaban J connectivity index is 1.78. The second-order valence-corrected chi connectivity index (χ2v) is 8.88. The smallest absolute Gasteiger partial charge is 0.183 e. The standard InChI is InChI=1S/C24H44O7/c1-19-21(26)18-22(27)24(31-19)30-16-14-12-10-8-6-4-2-3-5-7-9-11-13-15-20(25)17-23(28)29/h19,21-22,24,26-27H,2-18H2,1H3,(H,28,29)/p-1/t19-,21+,22+,24+/m0/s1. The van der Waals surface area contributed by atoms with Gasteiger partial charge in [-0.15, -0.1) is 0 Å². The number of ether oxygens (including phenoxy) is 2. The summed E-state index contributed by atoms with van der Waals surface area (Å²) < 4.78 is 11.1. The van der Waals surface area contributed by atoms with Crippen LogP contribution in [-0.2, 0) is 19.1 Å². The van der Waals surface area contributed by atoms with Gasteiger partial charge in [-0.05, 0) is 19.8 Å². The summed E-state index contributed by atoms with van der Waals surface area (Å²) in [6, 6.07) is 0. The highest BCUT2D eigenvalue weighted by Crippen LogP contribution is 2.21. The molecule has 1 aliphatic rings. The van der Waals surface area contributed by atoms with E-state index >= 15 is 0 Å². The van der Waals surface area contributed by atoms with Crippen LogP contribution in [0.25, 0.3) is 0 Å². The molecule has 0 amide bonds. The van der Waals surface area contributed by atoms with Gasteiger partial charge in [0.05, 0.1) is 12.2 Å². The van der Waals surface area contributed by atoms with Gasteiger partial charge in [-0.1, -0.05) is 70.6 Å². The molecule has 0 aromatic rings. The summed E-state index contributed by atoms with van der Waals surface area (Å²) in [4.78, 5) is 21.5. The first-order chi connectivity index (χ1) is 14.9. The maximum Gasteiger partial charge on any atom is 0.183 e. The number of hydrogen-bond acceptors (Lipinski definition) is 7. The molecule has 182 valence electrons. The van der Waals surface area contributed by atoms with Crippen LogP contribution in [0.2, 0.25) is 0 Å². The van der Waals surface area contributed by atoms with Crippen molar-refractivity contribution >= 4 is 11.8 Å². The summed E-state index contributed by atoms with van der Waals surface area (Å²) in [5.41, 5.74) is 0. The van der Waals surface area contributed by atoms with Crippen molar-refractivity contribution in [3.05, 3.63) is 0 Å². The SMILES string of the molecule is C[C@@H]1O[C@@H](OCCCCCCCCCCCCCCCC(=O)CC(=O)[O-])[C@H](O)C[C@H]1O. The summed E-state index contributed by atoms with van der Waals surface area (Å²) in [5, 5.41) is 29.8. The third-order valence-electron chi connectivity index (χ3n) is 5.91. The van der Waals surface area contributed by atoms with Crippen LogP contribution in [-0.4, -0.2) is 53.2 Å². The van der Waals surface area contributed by atoms with Crippen LogP contribution in [0.5, 0.6) is 0 Å². The number of rotatable bonds is 19. The van der Waals surface area contributed by atoms with E-state index in [0.29, 0.717) is 19.4 Å². The van der Waals surface area contributed by atoms with Crippen LogP contribution in [0.4, 0.5) is 0 Å². The zero-order valence-electron chi connectivity index (χ0n) is 19.3. The molecule has 1 heterocycles. The lowest BCUT2D eigenvalue weighted by atomic mass is 10.0. The van der Waals surface area contributed by atoms with Crippen LogP contribution in [0.1, 0.15) is 110 Å². The van der Waals surface area contributed by atoms with Gasteiger partial charge in [0.25, 0.3) is 0 Å². The van der Waals surface area contributed by atoms with Gasteiger partial charge in [0.15, 0.2) is 6.29 Å². The second-order valence-electron chi connectivity index (χ2n) is 8.88. The fraction of sp³-hybridized carbons (Fsp3) is 0.917. The van der Waals surface area contributed by atoms with E-state index < -0.39 is 30.9 Å². The Labute approximate surface area is 187 Å². The fourth-order valence-electron chi connectivity index (χ4n) is 3.91. The Morgan fingerprint density at radius 2 is 1.32 bits per heavy atom. The molecule has 1 rings (SSSR count). The number of aliphatic hydroxyl groups excluding tert-OH is 2. The Morgan fingerprint density at radius 1 is 0.839 bits per heavy atom.